The molecule has 29 heavy (non-hydrogen) atoms. The van der Waals surface area contributed by atoms with Gasteiger partial charge in [-0.2, -0.15) is 4.98 Å². The van der Waals surface area contributed by atoms with Crippen LogP contribution in [0.5, 0.6) is 0 Å². The molecule has 0 saturated carbocycles. The highest BCUT2D eigenvalue weighted by atomic mass is 32.1. The van der Waals surface area contributed by atoms with E-state index in [0.717, 1.165) is 80.0 Å². The van der Waals surface area contributed by atoms with Crippen LogP contribution >= 0.6 is 22.7 Å². The molecule has 0 amide bonds. The van der Waals surface area contributed by atoms with E-state index in [-0.39, 0.29) is 0 Å². The minimum atomic E-state index is 0.840. The lowest BCUT2D eigenvalue weighted by Gasteiger charge is -2.37. The summed E-state index contributed by atoms with van der Waals surface area (Å²) in [6.07, 6.45) is 5.72. The van der Waals surface area contributed by atoms with Crippen molar-refractivity contribution >= 4 is 44.7 Å². The first-order valence-electron chi connectivity index (χ1n) is 9.90. The molecule has 2 fully saturated rings. The Morgan fingerprint density at radius 2 is 1.21 bits per heavy atom. The van der Waals surface area contributed by atoms with Crippen LogP contribution in [0.15, 0.2) is 29.4 Å². The first kappa shape index (κ1) is 18.6. The Kier molecular flexibility index (Phi) is 5.19. The number of anilines is 4. The highest BCUT2D eigenvalue weighted by molar-refractivity contribution is 7.13. The molecule has 0 radical (unpaired) electrons. The number of aryl methyl sites for hydroxylation is 1. The van der Waals surface area contributed by atoms with Gasteiger partial charge in [0.15, 0.2) is 10.3 Å². The fourth-order valence-electron chi connectivity index (χ4n) is 3.85. The largest absolute Gasteiger partial charge is 0.353 e. The van der Waals surface area contributed by atoms with Crippen LogP contribution in [0.4, 0.5) is 22.0 Å². The van der Waals surface area contributed by atoms with Gasteiger partial charge in [-0.3, -0.25) is 0 Å². The third kappa shape index (κ3) is 3.86. The number of hydrogen-bond acceptors (Lipinski definition) is 10. The van der Waals surface area contributed by atoms with Crippen molar-refractivity contribution < 1.29 is 0 Å². The first-order valence-corrected chi connectivity index (χ1v) is 11.7. The second kappa shape index (κ2) is 8.11. The van der Waals surface area contributed by atoms with Gasteiger partial charge in [-0.05, 0) is 6.92 Å². The summed E-state index contributed by atoms with van der Waals surface area (Å²) in [4.78, 5) is 27.9. The summed E-state index contributed by atoms with van der Waals surface area (Å²) in [5, 5.41) is 6.29. The predicted molar refractivity (Wildman–Crippen MR) is 120 cm³/mol. The summed E-state index contributed by atoms with van der Waals surface area (Å²) >= 11 is 3.41. The van der Waals surface area contributed by atoms with Gasteiger partial charge in [0, 0.05) is 87.3 Å². The summed E-state index contributed by atoms with van der Waals surface area (Å²) in [7, 11) is 0. The molecule has 0 bridgehead atoms. The number of hydrogen-bond donors (Lipinski definition) is 0. The molecule has 152 valence electrons. The smallest absolute Gasteiger partial charge is 0.227 e. The minimum absolute atomic E-state index is 0.840. The SMILES string of the molecule is Cc1cnc(N2CCN(c3nccs3)CC2)nc1N1CCN(c2nccs2)CC1. The molecule has 0 aromatic carbocycles. The van der Waals surface area contributed by atoms with E-state index >= 15 is 0 Å². The Hall–Kier alpha value is -2.46. The average Bonchev–Trinajstić information content (AvgIpc) is 3.49. The van der Waals surface area contributed by atoms with Gasteiger partial charge in [0.1, 0.15) is 5.82 Å². The van der Waals surface area contributed by atoms with Crippen molar-refractivity contribution in [2.45, 2.75) is 6.92 Å². The molecule has 2 aliphatic heterocycles. The van der Waals surface area contributed by atoms with E-state index in [2.05, 4.69) is 41.5 Å². The quantitative estimate of drug-likeness (QED) is 0.628. The summed E-state index contributed by atoms with van der Waals surface area (Å²) in [5.74, 6) is 1.91. The Labute approximate surface area is 178 Å². The number of nitrogens with zero attached hydrogens (tertiary/aromatic N) is 8. The van der Waals surface area contributed by atoms with Crippen LogP contribution in [0.1, 0.15) is 5.56 Å². The predicted octanol–water partition coefficient (Wildman–Crippen LogP) is 2.35. The van der Waals surface area contributed by atoms with Crippen LogP contribution in [0.3, 0.4) is 0 Å². The van der Waals surface area contributed by atoms with E-state index in [4.69, 9.17) is 4.98 Å². The second-order valence-corrected chi connectivity index (χ2v) is 9.00. The Balaban J connectivity index is 1.25. The lowest BCUT2D eigenvalue weighted by molar-refractivity contribution is 0.628. The molecular weight excluding hydrogens is 404 g/mol. The number of thiazole rings is 2. The lowest BCUT2D eigenvalue weighted by atomic mass is 10.2. The summed E-state index contributed by atoms with van der Waals surface area (Å²) < 4.78 is 0. The highest BCUT2D eigenvalue weighted by Crippen LogP contribution is 2.25. The lowest BCUT2D eigenvalue weighted by Crippen LogP contribution is -2.48. The van der Waals surface area contributed by atoms with Gasteiger partial charge in [0.2, 0.25) is 5.95 Å². The highest BCUT2D eigenvalue weighted by Gasteiger charge is 2.24. The maximum atomic E-state index is 4.97. The van der Waals surface area contributed by atoms with Crippen molar-refractivity contribution in [1.82, 2.24) is 19.9 Å². The van der Waals surface area contributed by atoms with Crippen LogP contribution < -0.4 is 19.6 Å². The molecular formula is C19H24N8S2. The Bertz CT molecular complexity index is 914. The van der Waals surface area contributed by atoms with Crippen molar-refractivity contribution in [2.24, 2.45) is 0 Å². The fraction of sp³-hybridized carbons (Fsp3) is 0.474. The van der Waals surface area contributed by atoms with E-state index in [0.29, 0.717) is 0 Å². The molecule has 8 nitrogen and oxygen atoms in total. The van der Waals surface area contributed by atoms with Gasteiger partial charge in [-0.15, -0.1) is 22.7 Å². The van der Waals surface area contributed by atoms with E-state index in [1.54, 1.807) is 22.7 Å². The zero-order valence-electron chi connectivity index (χ0n) is 16.4. The third-order valence-electron chi connectivity index (χ3n) is 5.45. The third-order valence-corrected chi connectivity index (χ3v) is 7.12. The van der Waals surface area contributed by atoms with Crippen molar-refractivity contribution in [2.75, 3.05) is 72.0 Å². The molecule has 0 aliphatic carbocycles. The van der Waals surface area contributed by atoms with E-state index in [1.807, 2.05) is 29.4 Å². The maximum Gasteiger partial charge on any atom is 0.227 e. The molecule has 3 aromatic rings. The first-order chi connectivity index (χ1) is 14.3. The molecule has 10 heteroatoms. The average molecular weight is 429 g/mol. The van der Waals surface area contributed by atoms with Gasteiger partial charge in [0.25, 0.3) is 0 Å². The zero-order valence-corrected chi connectivity index (χ0v) is 18.1. The van der Waals surface area contributed by atoms with Crippen molar-refractivity contribution in [3.8, 4) is 0 Å². The summed E-state index contributed by atoms with van der Waals surface area (Å²) in [5.41, 5.74) is 1.14. The summed E-state index contributed by atoms with van der Waals surface area (Å²) in [6, 6.07) is 0. The van der Waals surface area contributed by atoms with Crippen LogP contribution in [-0.2, 0) is 0 Å². The molecule has 5 rings (SSSR count). The zero-order chi connectivity index (χ0) is 19.6. The molecule has 3 aromatic heterocycles. The van der Waals surface area contributed by atoms with E-state index < -0.39 is 0 Å². The Morgan fingerprint density at radius 3 is 1.72 bits per heavy atom. The van der Waals surface area contributed by atoms with Crippen LogP contribution in [-0.4, -0.2) is 72.3 Å². The molecule has 2 saturated heterocycles. The number of aromatic nitrogens is 4. The van der Waals surface area contributed by atoms with Gasteiger partial charge in [0.05, 0.1) is 0 Å². The van der Waals surface area contributed by atoms with Gasteiger partial charge < -0.3 is 19.6 Å². The molecule has 0 unspecified atom stereocenters. The van der Waals surface area contributed by atoms with Crippen LogP contribution in [0.25, 0.3) is 0 Å². The minimum Gasteiger partial charge on any atom is -0.353 e. The topological polar surface area (TPSA) is 64.5 Å². The maximum absolute atomic E-state index is 4.97. The molecule has 2 aliphatic rings. The van der Waals surface area contributed by atoms with E-state index in [9.17, 15) is 0 Å². The second-order valence-electron chi connectivity index (χ2n) is 7.25. The Morgan fingerprint density at radius 1 is 0.690 bits per heavy atom. The molecule has 0 atom stereocenters. The van der Waals surface area contributed by atoms with Crippen molar-refractivity contribution in [3.05, 3.63) is 34.9 Å². The van der Waals surface area contributed by atoms with E-state index in [1.165, 1.54) is 0 Å². The fourth-order valence-corrected chi connectivity index (χ4v) is 5.24. The summed E-state index contributed by atoms with van der Waals surface area (Å²) in [6.45, 7) is 9.69. The van der Waals surface area contributed by atoms with Crippen LogP contribution in [0, 0.1) is 6.92 Å². The standard InChI is InChI=1S/C19H24N8S2/c1-15-14-22-17(25-6-10-27(11-7-25)19-21-3-13-29-19)23-16(15)24-4-8-26(9-5-24)18-20-2-12-28-18/h2-3,12-14H,4-11H2,1H3. The number of piperazine rings is 2. The van der Waals surface area contributed by atoms with Gasteiger partial charge >= 0.3 is 0 Å². The molecule has 5 heterocycles. The molecule has 0 N–H and O–H groups in total. The monoisotopic (exact) mass is 428 g/mol. The number of rotatable bonds is 4. The van der Waals surface area contributed by atoms with Crippen molar-refractivity contribution in [1.29, 1.82) is 0 Å². The molecule has 0 spiro atoms. The van der Waals surface area contributed by atoms with Gasteiger partial charge in [-0.1, -0.05) is 0 Å². The van der Waals surface area contributed by atoms with Crippen LogP contribution in [0.2, 0.25) is 0 Å². The normalized spacial score (nSPS) is 17.8. The van der Waals surface area contributed by atoms with Gasteiger partial charge in [-0.25, -0.2) is 15.0 Å². The van der Waals surface area contributed by atoms with Crippen molar-refractivity contribution in [3.63, 3.8) is 0 Å².